The molecule has 1 N–H and O–H groups in total. The molecular weight excluding hydrogens is 212 g/mol. The van der Waals surface area contributed by atoms with Crippen molar-refractivity contribution in [1.29, 1.82) is 0 Å². The maximum absolute atomic E-state index is 10.3. The lowest BCUT2D eigenvalue weighted by Gasteiger charge is -2.28. The highest BCUT2D eigenvalue weighted by Crippen LogP contribution is 2.12. The van der Waals surface area contributed by atoms with E-state index in [0.29, 0.717) is 0 Å². The first-order valence-corrected chi connectivity index (χ1v) is 9.05. The monoisotopic (exact) mass is 234 g/mol. The summed E-state index contributed by atoms with van der Waals surface area (Å²) in [7, 11) is -1.73. The fourth-order valence-corrected chi connectivity index (χ4v) is 3.91. The van der Waals surface area contributed by atoms with Crippen LogP contribution in [0.5, 0.6) is 0 Å². The summed E-state index contributed by atoms with van der Waals surface area (Å²) in [5.41, 5.74) is -0.197. The topological polar surface area (TPSA) is 20.2 Å². The molecule has 0 spiro atoms. The molecule has 2 heteroatoms. The van der Waals surface area contributed by atoms with E-state index in [1.807, 2.05) is 6.07 Å². The third-order valence-corrected chi connectivity index (χ3v) is 6.84. The normalized spacial score (nSPS) is 14.2. The van der Waals surface area contributed by atoms with Crippen LogP contribution < -0.4 is 5.19 Å². The standard InChI is InChI=1S/C14H22OSi/c1-4-5-7-12-14(15)16(2,3)13-10-8-6-9-11-13/h5-11,14-15H,4,12H2,1-3H3/b7-5-. The second-order valence-electron chi connectivity index (χ2n) is 4.72. The molecule has 0 heterocycles. The van der Waals surface area contributed by atoms with Crippen molar-refractivity contribution < 1.29 is 5.11 Å². The van der Waals surface area contributed by atoms with Gasteiger partial charge in [0.25, 0.3) is 0 Å². The Labute approximate surface area is 99.8 Å². The van der Waals surface area contributed by atoms with Crippen LogP contribution in [0.1, 0.15) is 19.8 Å². The van der Waals surface area contributed by atoms with Gasteiger partial charge in [-0.3, -0.25) is 0 Å². The minimum Gasteiger partial charge on any atom is -0.396 e. The fraction of sp³-hybridized carbons (Fsp3) is 0.429. The molecule has 1 aromatic rings. The summed E-state index contributed by atoms with van der Waals surface area (Å²) in [6.45, 7) is 6.57. The molecule has 0 bridgehead atoms. The number of allylic oxidation sites excluding steroid dienone is 1. The second-order valence-corrected chi connectivity index (χ2v) is 9.41. The van der Waals surface area contributed by atoms with Crippen LogP contribution in [0.3, 0.4) is 0 Å². The molecule has 88 valence electrons. The Morgan fingerprint density at radius 3 is 2.38 bits per heavy atom. The minimum atomic E-state index is -1.73. The van der Waals surface area contributed by atoms with Crippen molar-refractivity contribution in [2.75, 3.05) is 0 Å². The summed E-state index contributed by atoms with van der Waals surface area (Å²) in [6, 6.07) is 10.4. The highest BCUT2D eigenvalue weighted by atomic mass is 28.3. The van der Waals surface area contributed by atoms with Crippen LogP contribution in [-0.2, 0) is 0 Å². The van der Waals surface area contributed by atoms with Crippen LogP contribution >= 0.6 is 0 Å². The van der Waals surface area contributed by atoms with Crippen molar-refractivity contribution in [2.45, 2.75) is 38.6 Å². The van der Waals surface area contributed by atoms with Gasteiger partial charge in [0.2, 0.25) is 0 Å². The smallest absolute Gasteiger partial charge is 0.113 e. The van der Waals surface area contributed by atoms with Gasteiger partial charge in [-0.05, 0) is 12.8 Å². The molecular formula is C14H22OSi. The molecule has 0 aromatic heterocycles. The molecule has 0 fully saturated rings. The molecule has 1 atom stereocenters. The van der Waals surface area contributed by atoms with E-state index in [2.05, 4.69) is 56.4 Å². The summed E-state index contributed by atoms with van der Waals surface area (Å²) in [4.78, 5) is 0. The lowest BCUT2D eigenvalue weighted by Crippen LogP contribution is -2.52. The highest BCUT2D eigenvalue weighted by Gasteiger charge is 2.31. The number of hydrogen-bond acceptors (Lipinski definition) is 1. The first-order valence-electron chi connectivity index (χ1n) is 5.97. The molecule has 1 rings (SSSR count). The van der Waals surface area contributed by atoms with E-state index < -0.39 is 8.07 Å². The van der Waals surface area contributed by atoms with Gasteiger partial charge in [0, 0.05) is 0 Å². The van der Waals surface area contributed by atoms with E-state index in [1.165, 1.54) is 5.19 Å². The molecule has 1 nitrogen and oxygen atoms in total. The van der Waals surface area contributed by atoms with Crippen LogP contribution in [0.15, 0.2) is 42.5 Å². The third kappa shape index (κ3) is 3.32. The number of rotatable bonds is 5. The van der Waals surface area contributed by atoms with E-state index in [0.717, 1.165) is 12.8 Å². The average Bonchev–Trinajstić information content (AvgIpc) is 2.30. The van der Waals surface area contributed by atoms with Gasteiger partial charge in [0.05, 0.1) is 5.73 Å². The third-order valence-electron chi connectivity index (χ3n) is 3.11. The van der Waals surface area contributed by atoms with Gasteiger partial charge in [0.15, 0.2) is 0 Å². The zero-order valence-corrected chi connectivity index (χ0v) is 11.5. The Kier molecular flexibility index (Phi) is 4.96. The Bertz CT molecular complexity index is 330. The number of hydrogen-bond donors (Lipinski definition) is 1. The zero-order valence-electron chi connectivity index (χ0n) is 10.5. The largest absolute Gasteiger partial charge is 0.396 e. The first kappa shape index (κ1) is 13.2. The predicted molar refractivity (Wildman–Crippen MR) is 73.6 cm³/mol. The van der Waals surface area contributed by atoms with Crippen LogP contribution in [0, 0.1) is 0 Å². The zero-order chi connectivity index (χ0) is 12.0. The van der Waals surface area contributed by atoms with Crippen molar-refractivity contribution in [3.05, 3.63) is 42.5 Å². The van der Waals surface area contributed by atoms with E-state index >= 15 is 0 Å². The molecule has 0 aliphatic rings. The van der Waals surface area contributed by atoms with Crippen LogP contribution in [0.2, 0.25) is 13.1 Å². The quantitative estimate of drug-likeness (QED) is 0.613. The van der Waals surface area contributed by atoms with Crippen LogP contribution in [0.4, 0.5) is 0 Å². The second kappa shape index (κ2) is 6.02. The van der Waals surface area contributed by atoms with Gasteiger partial charge in [-0.15, -0.1) is 0 Å². The lowest BCUT2D eigenvalue weighted by atomic mass is 10.3. The van der Waals surface area contributed by atoms with Gasteiger partial charge in [-0.1, -0.05) is 67.7 Å². The highest BCUT2D eigenvalue weighted by molar-refractivity contribution is 6.90. The summed E-state index contributed by atoms with van der Waals surface area (Å²) < 4.78 is 0. The maximum atomic E-state index is 10.3. The predicted octanol–water partition coefficient (Wildman–Crippen LogP) is 2.86. The van der Waals surface area contributed by atoms with Gasteiger partial charge in [-0.25, -0.2) is 0 Å². The number of aliphatic hydroxyl groups excluding tert-OH is 1. The molecule has 0 aliphatic carbocycles. The summed E-state index contributed by atoms with van der Waals surface area (Å²) in [6.07, 6.45) is 6.04. The molecule has 16 heavy (non-hydrogen) atoms. The van der Waals surface area contributed by atoms with Gasteiger partial charge < -0.3 is 5.11 Å². The van der Waals surface area contributed by atoms with Crippen molar-refractivity contribution in [3.8, 4) is 0 Å². The maximum Gasteiger partial charge on any atom is 0.113 e. The van der Waals surface area contributed by atoms with Crippen molar-refractivity contribution in [3.63, 3.8) is 0 Å². The molecule has 1 unspecified atom stereocenters. The summed E-state index contributed by atoms with van der Waals surface area (Å²) in [5, 5.41) is 11.6. The van der Waals surface area contributed by atoms with Gasteiger partial charge in [-0.2, -0.15) is 0 Å². The Morgan fingerprint density at radius 2 is 1.81 bits per heavy atom. The number of benzene rings is 1. The lowest BCUT2D eigenvalue weighted by molar-refractivity contribution is 0.249. The molecule has 0 saturated carbocycles. The molecule has 0 aliphatic heterocycles. The Hall–Kier alpha value is -0.863. The molecule has 0 saturated heterocycles. The van der Waals surface area contributed by atoms with E-state index in [-0.39, 0.29) is 5.73 Å². The van der Waals surface area contributed by atoms with Crippen LogP contribution in [-0.4, -0.2) is 18.9 Å². The van der Waals surface area contributed by atoms with E-state index in [4.69, 9.17) is 0 Å². The van der Waals surface area contributed by atoms with Crippen LogP contribution in [0.25, 0.3) is 0 Å². The van der Waals surface area contributed by atoms with Crippen molar-refractivity contribution >= 4 is 13.3 Å². The first-order chi connectivity index (χ1) is 7.59. The number of aliphatic hydroxyl groups is 1. The van der Waals surface area contributed by atoms with Crippen molar-refractivity contribution in [1.82, 2.24) is 0 Å². The fourth-order valence-electron chi connectivity index (χ4n) is 1.75. The SMILES string of the molecule is CC/C=C\CC(O)[Si](C)(C)c1ccccc1. The molecule has 0 amide bonds. The molecule has 0 radical (unpaired) electrons. The Balaban J connectivity index is 2.73. The van der Waals surface area contributed by atoms with E-state index in [9.17, 15) is 5.11 Å². The summed E-state index contributed by atoms with van der Waals surface area (Å²) >= 11 is 0. The van der Waals surface area contributed by atoms with E-state index in [1.54, 1.807) is 0 Å². The minimum absolute atomic E-state index is 0.197. The van der Waals surface area contributed by atoms with Gasteiger partial charge >= 0.3 is 0 Å². The molecule has 1 aromatic carbocycles. The van der Waals surface area contributed by atoms with Gasteiger partial charge in [0.1, 0.15) is 8.07 Å². The van der Waals surface area contributed by atoms with Crippen molar-refractivity contribution in [2.24, 2.45) is 0 Å². The Morgan fingerprint density at radius 1 is 1.19 bits per heavy atom. The average molecular weight is 234 g/mol. The summed E-state index contributed by atoms with van der Waals surface area (Å²) in [5.74, 6) is 0.